The Morgan fingerprint density at radius 3 is 2.59 bits per heavy atom. The van der Waals surface area contributed by atoms with Gasteiger partial charge in [0.1, 0.15) is 0 Å². The number of benzene rings is 2. The first-order valence-corrected chi connectivity index (χ1v) is 9.88. The highest BCUT2D eigenvalue weighted by atomic mass is 35.5. The lowest BCUT2D eigenvalue weighted by molar-refractivity contribution is -0.124. The SMILES string of the molecule is CC1Cc2ccccc2N1C(=O)C1CCCN(C(=O)c2ccc(Cl)cc2)C1. The fourth-order valence-corrected chi connectivity index (χ4v) is 4.36. The van der Waals surface area contributed by atoms with Crippen LogP contribution < -0.4 is 4.90 Å². The Hall–Kier alpha value is -2.33. The van der Waals surface area contributed by atoms with E-state index >= 15 is 0 Å². The zero-order valence-electron chi connectivity index (χ0n) is 15.4. The monoisotopic (exact) mass is 382 g/mol. The molecule has 2 aromatic carbocycles. The quantitative estimate of drug-likeness (QED) is 0.782. The molecule has 2 aliphatic rings. The Kier molecular flexibility index (Phi) is 4.92. The predicted octanol–water partition coefficient (Wildman–Crippen LogP) is 4.17. The van der Waals surface area contributed by atoms with Crippen LogP contribution in [0, 0.1) is 5.92 Å². The average Bonchev–Trinajstić information content (AvgIpc) is 3.03. The number of hydrogen-bond acceptors (Lipinski definition) is 2. The molecular formula is C22H23ClN2O2. The molecule has 1 fully saturated rings. The summed E-state index contributed by atoms with van der Waals surface area (Å²) in [5.41, 5.74) is 2.87. The van der Waals surface area contributed by atoms with Gasteiger partial charge in [0.2, 0.25) is 5.91 Å². The number of likely N-dealkylation sites (tertiary alicyclic amines) is 1. The maximum absolute atomic E-state index is 13.3. The summed E-state index contributed by atoms with van der Waals surface area (Å²) < 4.78 is 0. The number of hydrogen-bond donors (Lipinski definition) is 0. The van der Waals surface area contributed by atoms with Gasteiger partial charge in [0.25, 0.3) is 5.91 Å². The summed E-state index contributed by atoms with van der Waals surface area (Å²) in [4.78, 5) is 29.9. The van der Waals surface area contributed by atoms with Crippen molar-refractivity contribution >= 4 is 29.1 Å². The zero-order chi connectivity index (χ0) is 19.0. The third-order valence-corrected chi connectivity index (χ3v) is 5.85. The van der Waals surface area contributed by atoms with Crippen molar-refractivity contribution in [2.45, 2.75) is 32.2 Å². The van der Waals surface area contributed by atoms with Crippen LogP contribution in [0.1, 0.15) is 35.7 Å². The van der Waals surface area contributed by atoms with Gasteiger partial charge in [-0.1, -0.05) is 29.8 Å². The van der Waals surface area contributed by atoms with Crippen molar-refractivity contribution in [2.75, 3.05) is 18.0 Å². The Morgan fingerprint density at radius 1 is 1.07 bits per heavy atom. The molecule has 2 heterocycles. The highest BCUT2D eigenvalue weighted by Crippen LogP contribution is 2.34. The summed E-state index contributed by atoms with van der Waals surface area (Å²) in [6.07, 6.45) is 2.57. The maximum atomic E-state index is 13.3. The molecule has 5 heteroatoms. The Morgan fingerprint density at radius 2 is 1.81 bits per heavy atom. The second-order valence-corrected chi connectivity index (χ2v) is 7.92. The molecule has 2 unspecified atom stereocenters. The first-order valence-electron chi connectivity index (χ1n) is 9.50. The summed E-state index contributed by atoms with van der Waals surface area (Å²) in [6, 6.07) is 15.2. The Labute approximate surface area is 164 Å². The van der Waals surface area contributed by atoms with Gasteiger partial charge in [-0.3, -0.25) is 9.59 Å². The van der Waals surface area contributed by atoms with Gasteiger partial charge in [0, 0.05) is 35.4 Å². The van der Waals surface area contributed by atoms with Crippen molar-refractivity contribution in [1.82, 2.24) is 4.90 Å². The van der Waals surface area contributed by atoms with E-state index in [4.69, 9.17) is 11.6 Å². The molecule has 0 aromatic heterocycles. The molecule has 2 atom stereocenters. The highest BCUT2D eigenvalue weighted by molar-refractivity contribution is 6.30. The van der Waals surface area contributed by atoms with Gasteiger partial charge in [-0.25, -0.2) is 0 Å². The summed E-state index contributed by atoms with van der Waals surface area (Å²) in [7, 11) is 0. The minimum absolute atomic E-state index is 0.0287. The van der Waals surface area contributed by atoms with Crippen LogP contribution in [0.15, 0.2) is 48.5 Å². The van der Waals surface area contributed by atoms with Gasteiger partial charge in [-0.05, 0) is 62.1 Å². The standard InChI is InChI=1S/C22H23ClN2O2/c1-15-13-17-5-2-3-7-20(17)25(15)22(27)18-6-4-12-24(14-18)21(26)16-8-10-19(23)11-9-16/h2-3,5,7-11,15,18H,4,6,12-14H2,1H3. The topological polar surface area (TPSA) is 40.6 Å². The van der Waals surface area contributed by atoms with Gasteiger partial charge in [-0.15, -0.1) is 0 Å². The molecule has 0 radical (unpaired) electrons. The van der Waals surface area contributed by atoms with E-state index in [1.165, 1.54) is 5.56 Å². The van der Waals surface area contributed by atoms with Gasteiger partial charge >= 0.3 is 0 Å². The normalized spacial score (nSPS) is 21.9. The number of carbonyl (C=O) groups is 2. The molecule has 27 heavy (non-hydrogen) atoms. The number of fused-ring (bicyclic) bond motifs is 1. The molecule has 4 rings (SSSR count). The van der Waals surface area contributed by atoms with Crippen molar-refractivity contribution in [3.05, 3.63) is 64.7 Å². The maximum Gasteiger partial charge on any atom is 0.253 e. The van der Waals surface area contributed by atoms with E-state index in [-0.39, 0.29) is 23.8 Å². The van der Waals surface area contributed by atoms with Crippen molar-refractivity contribution in [2.24, 2.45) is 5.92 Å². The van der Waals surface area contributed by atoms with E-state index in [1.807, 2.05) is 28.0 Å². The van der Waals surface area contributed by atoms with Gasteiger partial charge in [-0.2, -0.15) is 0 Å². The van der Waals surface area contributed by atoms with E-state index in [0.717, 1.165) is 24.9 Å². The van der Waals surface area contributed by atoms with Gasteiger partial charge < -0.3 is 9.80 Å². The number of piperidine rings is 1. The van der Waals surface area contributed by atoms with Crippen LogP contribution in [0.4, 0.5) is 5.69 Å². The highest BCUT2D eigenvalue weighted by Gasteiger charge is 2.37. The molecule has 2 aromatic rings. The minimum atomic E-state index is -0.149. The fraction of sp³-hybridized carbons (Fsp3) is 0.364. The van der Waals surface area contributed by atoms with Crippen LogP contribution >= 0.6 is 11.6 Å². The zero-order valence-corrected chi connectivity index (χ0v) is 16.2. The molecular weight excluding hydrogens is 360 g/mol. The molecule has 4 nitrogen and oxygen atoms in total. The molecule has 140 valence electrons. The number of rotatable bonds is 2. The molecule has 2 amide bonds. The Balaban J connectivity index is 1.50. The van der Waals surface area contributed by atoms with Crippen LogP contribution in [0.5, 0.6) is 0 Å². The van der Waals surface area contributed by atoms with Crippen molar-refractivity contribution in [1.29, 1.82) is 0 Å². The number of anilines is 1. The van der Waals surface area contributed by atoms with E-state index in [9.17, 15) is 9.59 Å². The number of halogens is 1. The third-order valence-electron chi connectivity index (χ3n) is 5.59. The summed E-state index contributed by atoms with van der Waals surface area (Å²) in [5.74, 6) is -0.0382. The molecule has 0 N–H and O–H groups in total. The van der Waals surface area contributed by atoms with E-state index in [1.54, 1.807) is 24.3 Å². The number of carbonyl (C=O) groups excluding carboxylic acids is 2. The van der Waals surface area contributed by atoms with E-state index in [2.05, 4.69) is 13.0 Å². The second kappa shape index (κ2) is 7.35. The van der Waals surface area contributed by atoms with Crippen LogP contribution in [0.3, 0.4) is 0 Å². The summed E-state index contributed by atoms with van der Waals surface area (Å²) in [6.45, 7) is 3.26. The van der Waals surface area contributed by atoms with Crippen molar-refractivity contribution in [3.63, 3.8) is 0 Å². The predicted molar refractivity (Wildman–Crippen MR) is 107 cm³/mol. The molecule has 0 aliphatic carbocycles. The smallest absolute Gasteiger partial charge is 0.253 e. The first-order chi connectivity index (χ1) is 13.0. The van der Waals surface area contributed by atoms with Crippen molar-refractivity contribution in [3.8, 4) is 0 Å². The third kappa shape index (κ3) is 3.46. The number of nitrogens with zero attached hydrogens (tertiary/aromatic N) is 2. The largest absolute Gasteiger partial charge is 0.338 e. The van der Waals surface area contributed by atoms with E-state index in [0.29, 0.717) is 23.7 Å². The lowest BCUT2D eigenvalue weighted by atomic mass is 9.95. The molecule has 0 spiro atoms. The van der Waals surface area contributed by atoms with E-state index < -0.39 is 0 Å². The number of amides is 2. The second-order valence-electron chi connectivity index (χ2n) is 7.49. The average molecular weight is 383 g/mol. The number of para-hydroxylation sites is 1. The summed E-state index contributed by atoms with van der Waals surface area (Å²) in [5, 5.41) is 0.611. The van der Waals surface area contributed by atoms with Gasteiger partial charge in [0.15, 0.2) is 0 Å². The lowest BCUT2D eigenvalue weighted by Crippen LogP contribution is -2.48. The van der Waals surface area contributed by atoms with Crippen LogP contribution in [0.2, 0.25) is 5.02 Å². The lowest BCUT2D eigenvalue weighted by Gasteiger charge is -2.35. The van der Waals surface area contributed by atoms with Crippen LogP contribution in [-0.2, 0) is 11.2 Å². The molecule has 1 saturated heterocycles. The fourth-order valence-electron chi connectivity index (χ4n) is 4.24. The minimum Gasteiger partial charge on any atom is -0.338 e. The van der Waals surface area contributed by atoms with Crippen molar-refractivity contribution < 1.29 is 9.59 Å². The Bertz CT molecular complexity index is 865. The molecule has 0 bridgehead atoms. The van der Waals surface area contributed by atoms with Crippen LogP contribution in [0.25, 0.3) is 0 Å². The van der Waals surface area contributed by atoms with Crippen LogP contribution in [-0.4, -0.2) is 35.8 Å². The molecule has 0 saturated carbocycles. The molecule has 2 aliphatic heterocycles. The van der Waals surface area contributed by atoms with Gasteiger partial charge in [0.05, 0.1) is 5.92 Å². The first kappa shape index (κ1) is 18.1. The summed E-state index contributed by atoms with van der Waals surface area (Å²) >= 11 is 5.92.